The van der Waals surface area contributed by atoms with Gasteiger partial charge in [0, 0.05) is 35.8 Å². The van der Waals surface area contributed by atoms with Crippen molar-refractivity contribution in [1.29, 1.82) is 0 Å². The molecule has 2 heterocycles. The highest BCUT2D eigenvalue weighted by atomic mass is 19.4. The zero-order valence-electron chi connectivity index (χ0n) is 13.9. The van der Waals surface area contributed by atoms with Crippen molar-refractivity contribution in [3.63, 3.8) is 0 Å². The number of rotatable bonds is 5. The van der Waals surface area contributed by atoms with Crippen LogP contribution in [-0.4, -0.2) is 10.1 Å². The Morgan fingerprint density at radius 3 is 2.60 bits per heavy atom. The van der Waals surface area contributed by atoms with Crippen molar-refractivity contribution in [1.82, 2.24) is 10.1 Å². The van der Waals surface area contributed by atoms with Gasteiger partial charge >= 0.3 is 6.18 Å². The second kappa shape index (κ2) is 6.74. The van der Waals surface area contributed by atoms with Crippen molar-refractivity contribution in [2.24, 2.45) is 0 Å². The highest BCUT2D eigenvalue weighted by molar-refractivity contribution is 5.91. The lowest BCUT2D eigenvalue weighted by Crippen LogP contribution is -2.06. The van der Waals surface area contributed by atoms with Gasteiger partial charge in [0.25, 0.3) is 0 Å². The molecule has 7 heteroatoms. The third-order valence-electron chi connectivity index (χ3n) is 4.13. The molecule has 3 rings (SSSR count). The molecule has 0 aliphatic rings. The summed E-state index contributed by atoms with van der Waals surface area (Å²) in [4.78, 5) is 4.06. The molecule has 0 saturated carbocycles. The molecule has 0 fully saturated rings. The van der Waals surface area contributed by atoms with Gasteiger partial charge < -0.3 is 9.84 Å². The summed E-state index contributed by atoms with van der Waals surface area (Å²) >= 11 is 0. The predicted molar refractivity (Wildman–Crippen MR) is 89.3 cm³/mol. The van der Waals surface area contributed by atoms with Crippen molar-refractivity contribution in [3.05, 3.63) is 53.0 Å². The Balaban J connectivity index is 1.91. The van der Waals surface area contributed by atoms with Crippen LogP contribution in [-0.2, 0) is 25.6 Å². The first kappa shape index (κ1) is 17.3. The Morgan fingerprint density at radius 2 is 1.92 bits per heavy atom. The van der Waals surface area contributed by atoms with Crippen LogP contribution in [0.15, 0.2) is 35.0 Å². The van der Waals surface area contributed by atoms with Crippen LogP contribution in [0.4, 0.5) is 18.9 Å². The topological polar surface area (TPSA) is 51.0 Å². The molecule has 1 aromatic carbocycles. The number of fused-ring (bicyclic) bond motifs is 1. The number of hydrogen-bond acceptors (Lipinski definition) is 4. The molecule has 0 radical (unpaired) electrons. The minimum atomic E-state index is -4.38. The Hall–Kier alpha value is -2.57. The van der Waals surface area contributed by atoms with Crippen molar-refractivity contribution in [2.45, 2.75) is 39.4 Å². The number of benzene rings is 1. The Labute approximate surface area is 143 Å². The normalized spacial score (nSPS) is 11.9. The smallest absolute Gasteiger partial charge is 0.380 e. The third kappa shape index (κ3) is 3.45. The van der Waals surface area contributed by atoms with E-state index in [1.54, 1.807) is 6.07 Å². The Bertz CT molecular complexity index is 865. The van der Waals surface area contributed by atoms with Crippen LogP contribution in [0.5, 0.6) is 0 Å². The number of aryl methyl sites for hydroxylation is 2. The molecule has 0 spiro atoms. The van der Waals surface area contributed by atoms with Crippen LogP contribution in [0, 0.1) is 0 Å². The zero-order chi connectivity index (χ0) is 18.0. The zero-order valence-corrected chi connectivity index (χ0v) is 13.9. The van der Waals surface area contributed by atoms with E-state index in [1.807, 2.05) is 13.8 Å². The van der Waals surface area contributed by atoms with Crippen LogP contribution in [0.25, 0.3) is 10.9 Å². The van der Waals surface area contributed by atoms with Crippen molar-refractivity contribution in [2.75, 3.05) is 5.32 Å². The summed E-state index contributed by atoms with van der Waals surface area (Å²) in [6.45, 7) is 4.49. The molecule has 0 bridgehead atoms. The molecule has 0 saturated heterocycles. The van der Waals surface area contributed by atoms with Crippen molar-refractivity contribution < 1.29 is 17.7 Å². The molecule has 4 nitrogen and oxygen atoms in total. The van der Waals surface area contributed by atoms with Gasteiger partial charge in [0.2, 0.25) is 0 Å². The number of pyridine rings is 1. The Kier molecular flexibility index (Phi) is 4.65. The quantitative estimate of drug-likeness (QED) is 0.706. The van der Waals surface area contributed by atoms with Crippen LogP contribution >= 0.6 is 0 Å². The van der Waals surface area contributed by atoms with E-state index in [2.05, 4.69) is 15.5 Å². The van der Waals surface area contributed by atoms with Crippen LogP contribution in [0.3, 0.4) is 0 Å². The monoisotopic (exact) mass is 349 g/mol. The molecule has 0 amide bonds. The summed E-state index contributed by atoms with van der Waals surface area (Å²) in [6.07, 6.45) is -1.39. The molecule has 3 aromatic rings. The van der Waals surface area contributed by atoms with Gasteiger partial charge in [0.05, 0.1) is 16.8 Å². The van der Waals surface area contributed by atoms with Crippen LogP contribution in [0.1, 0.15) is 36.4 Å². The fourth-order valence-electron chi connectivity index (χ4n) is 2.80. The molecular weight excluding hydrogens is 331 g/mol. The SMILES string of the molecule is CCc1noc(CC)c1CNc1ccnc2cc(C(F)(F)F)ccc12. The van der Waals surface area contributed by atoms with Gasteiger partial charge in [-0.05, 0) is 24.6 Å². The number of anilines is 1. The number of halogens is 3. The van der Waals surface area contributed by atoms with E-state index in [4.69, 9.17) is 4.52 Å². The number of nitrogens with zero attached hydrogens (tertiary/aromatic N) is 2. The molecule has 25 heavy (non-hydrogen) atoms. The Morgan fingerprint density at radius 1 is 1.12 bits per heavy atom. The summed E-state index contributed by atoms with van der Waals surface area (Å²) in [5.74, 6) is 0.821. The molecule has 1 N–H and O–H groups in total. The summed E-state index contributed by atoms with van der Waals surface area (Å²) in [6, 6.07) is 5.33. The van der Waals surface area contributed by atoms with Crippen LogP contribution in [0.2, 0.25) is 0 Å². The van der Waals surface area contributed by atoms with Gasteiger partial charge in [-0.15, -0.1) is 0 Å². The number of hydrogen-bond donors (Lipinski definition) is 1. The molecule has 0 aliphatic carbocycles. The first-order valence-electron chi connectivity index (χ1n) is 8.10. The van der Waals surface area contributed by atoms with E-state index in [0.29, 0.717) is 17.4 Å². The van der Waals surface area contributed by atoms with Crippen molar-refractivity contribution in [3.8, 4) is 0 Å². The lowest BCUT2D eigenvalue weighted by atomic mass is 10.1. The summed E-state index contributed by atoms with van der Waals surface area (Å²) < 4.78 is 43.9. The van der Waals surface area contributed by atoms with E-state index >= 15 is 0 Å². The van der Waals surface area contributed by atoms with Gasteiger partial charge in [0.1, 0.15) is 5.76 Å². The van der Waals surface area contributed by atoms with E-state index in [1.165, 1.54) is 12.3 Å². The largest absolute Gasteiger partial charge is 0.416 e. The predicted octanol–water partition coefficient (Wildman–Crippen LogP) is 4.98. The average Bonchev–Trinajstić information content (AvgIpc) is 3.00. The standard InChI is InChI=1S/C18H18F3N3O/c1-3-14-13(17(4-2)25-24-14)10-23-15-7-8-22-16-9-11(18(19,20)21)5-6-12(15)16/h5-9H,3-4,10H2,1-2H3,(H,22,23). The second-order valence-electron chi connectivity index (χ2n) is 5.68. The number of aromatic nitrogens is 2. The summed E-state index contributed by atoms with van der Waals surface area (Å²) in [5, 5.41) is 7.98. The van der Waals surface area contributed by atoms with Gasteiger partial charge in [0.15, 0.2) is 0 Å². The lowest BCUT2D eigenvalue weighted by molar-refractivity contribution is -0.137. The maximum Gasteiger partial charge on any atom is 0.416 e. The number of alkyl halides is 3. The fourth-order valence-corrected chi connectivity index (χ4v) is 2.80. The number of nitrogens with one attached hydrogen (secondary N) is 1. The van der Waals surface area contributed by atoms with Gasteiger partial charge in [-0.1, -0.05) is 25.1 Å². The first-order chi connectivity index (χ1) is 11.9. The molecule has 0 unspecified atom stereocenters. The second-order valence-corrected chi connectivity index (χ2v) is 5.68. The average molecular weight is 349 g/mol. The van der Waals surface area contributed by atoms with Crippen molar-refractivity contribution >= 4 is 16.6 Å². The fraction of sp³-hybridized carbons (Fsp3) is 0.333. The maximum atomic E-state index is 12.9. The highest BCUT2D eigenvalue weighted by Crippen LogP contribution is 2.32. The van der Waals surface area contributed by atoms with E-state index in [-0.39, 0.29) is 0 Å². The van der Waals surface area contributed by atoms with Gasteiger partial charge in [-0.25, -0.2) is 0 Å². The van der Waals surface area contributed by atoms with E-state index in [9.17, 15) is 13.2 Å². The first-order valence-corrected chi connectivity index (χ1v) is 8.10. The molecule has 2 aromatic heterocycles. The van der Waals surface area contributed by atoms with E-state index in [0.717, 1.165) is 47.7 Å². The van der Waals surface area contributed by atoms with Gasteiger partial charge in [-0.3, -0.25) is 4.98 Å². The molecule has 0 atom stereocenters. The van der Waals surface area contributed by atoms with E-state index < -0.39 is 11.7 Å². The maximum absolute atomic E-state index is 12.9. The lowest BCUT2D eigenvalue weighted by Gasteiger charge is -2.12. The molecular formula is C18H18F3N3O. The highest BCUT2D eigenvalue weighted by Gasteiger charge is 2.30. The van der Waals surface area contributed by atoms with Gasteiger partial charge in [-0.2, -0.15) is 13.2 Å². The minimum Gasteiger partial charge on any atom is -0.380 e. The van der Waals surface area contributed by atoms with Crippen LogP contribution < -0.4 is 5.32 Å². The summed E-state index contributed by atoms with van der Waals surface area (Å²) in [7, 11) is 0. The minimum absolute atomic E-state index is 0.302. The summed E-state index contributed by atoms with van der Waals surface area (Å²) in [5.41, 5.74) is 2.22. The molecule has 132 valence electrons. The molecule has 0 aliphatic heterocycles. The third-order valence-corrected chi connectivity index (χ3v) is 4.13.